The van der Waals surface area contributed by atoms with Gasteiger partial charge in [-0.05, 0) is 38.5 Å². The molecule has 0 amide bonds. The number of nitrogens with one attached hydrogen (secondary N) is 1. The van der Waals surface area contributed by atoms with Crippen LogP contribution in [0.15, 0.2) is 24.5 Å². The highest BCUT2D eigenvalue weighted by Crippen LogP contribution is 2.40. The minimum atomic E-state index is -0.703. The van der Waals surface area contributed by atoms with E-state index in [0.717, 1.165) is 0 Å². The Morgan fingerprint density at radius 3 is 2.29 bits per heavy atom. The highest BCUT2D eigenvalue weighted by atomic mass is 35.5. The monoisotopic (exact) mass is 348 g/mol. The molecule has 124 valence electrons. The number of pyridine rings is 1. The van der Waals surface area contributed by atoms with E-state index in [0.29, 0.717) is 22.4 Å². The number of nitrogens with zero attached hydrogens (tertiary/aromatic N) is 3. The van der Waals surface area contributed by atoms with E-state index in [9.17, 15) is 8.78 Å². The van der Waals surface area contributed by atoms with Gasteiger partial charge in [-0.2, -0.15) is 0 Å². The van der Waals surface area contributed by atoms with Crippen LogP contribution in [0.25, 0.3) is 22.3 Å². The summed E-state index contributed by atoms with van der Waals surface area (Å²) >= 11 is 6.26. The first-order valence-corrected chi connectivity index (χ1v) is 7.79. The molecule has 2 heterocycles. The summed E-state index contributed by atoms with van der Waals surface area (Å²) in [5.74, 6) is -1.41. The van der Waals surface area contributed by atoms with Gasteiger partial charge in [-0.3, -0.25) is 0 Å². The normalized spacial score (nSPS) is 11.3. The summed E-state index contributed by atoms with van der Waals surface area (Å²) in [6.07, 6.45) is 2.98. The van der Waals surface area contributed by atoms with E-state index >= 15 is 0 Å². The Morgan fingerprint density at radius 1 is 1.04 bits per heavy atom. The van der Waals surface area contributed by atoms with Gasteiger partial charge in [0.15, 0.2) is 5.65 Å². The van der Waals surface area contributed by atoms with Gasteiger partial charge < -0.3 is 5.32 Å². The van der Waals surface area contributed by atoms with Crippen LogP contribution < -0.4 is 5.32 Å². The fraction of sp³-hybridized carbons (Fsp3) is 0.235. The van der Waals surface area contributed by atoms with Gasteiger partial charge in [0.1, 0.15) is 22.3 Å². The third kappa shape index (κ3) is 2.89. The third-order valence-electron chi connectivity index (χ3n) is 3.45. The molecule has 3 rings (SSSR count). The van der Waals surface area contributed by atoms with Crippen LogP contribution in [-0.2, 0) is 0 Å². The fourth-order valence-electron chi connectivity index (χ4n) is 2.56. The first kappa shape index (κ1) is 16.5. The second kappa shape index (κ2) is 6.28. The highest BCUT2D eigenvalue weighted by Gasteiger charge is 2.23. The second-order valence-electron chi connectivity index (χ2n) is 5.78. The molecule has 0 radical (unpaired) electrons. The highest BCUT2D eigenvalue weighted by molar-refractivity contribution is 6.33. The average Bonchev–Trinajstić information content (AvgIpc) is 2.48. The topological polar surface area (TPSA) is 50.7 Å². The molecule has 0 bridgehead atoms. The number of hydrogen-bond donors (Lipinski definition) is 1. The largest absolute Gasteiger partial charge is 0.380 e. The minimum Gasteiger partial charge on any atom is -0.380 e. The maximum atomic E-state index is 14.5. The molecular formula is C17H15ClF2N4. The summed E-state index contributed by atoms with van der Waals surface area (Å²) in [7, 11) is 0. The summed E-state index contributed by atoms with van der Waals surface area (Å²) < 4.78 is 29.0. The molecule has 0 aliphatic rings. The number of fused-ring (bicyclic) bond motifs is 1. The molecule has 0 unspecified atom stereocenters. The number of halogens is 3. The number of rotatable bonds is 3. The first-order chi connectivity index (χ1) is 11.4. The van der Waals surface area contributed by atoms with Crippen LogP contribution in [0.1, 0.15) is 19.4 Å². The van der Waals surface area contributed by atoms with E-state index in [1.54, 1.807) is 6.92 Å². The summed E-state index contributed by atoms with van der Waals surface area (Å²) in [6, 6.07) is 2.51. The number of aromatic nitrogens is 3. The molecule has 4 nitrogen and oxygen atoms in total. The van der Waals surface area contributed by atoms with Crippen molar-refractivity contribution in [1.29, 1.82) is 0 Å². The Bertz CT molecular complexity index is 905. The molecule has 0 aliphatic heterocycles. The molecule has 3 aromatic rings. The van der Waals surface area contributed by atoms with Gasteiger partial charge in [0.05, 0.1) is 16.8 Å². The van der Waals surface area contributed by atoms with Crippen molar-refractivity contribution in [2.75, 3.05) is 5.32 Å². The van der Waals surface area contributed by atoms with Crippen molar-refractivity contribution in [3.8, 4) is 11.1 Å². The zero-order valence-electron chi connectivity index (χ0n) is 13.4. The van der Waals surface area contributed by atoms with Gasteiger partial charge >= 0.3 is 0 Å². The lowest BCUT2D eigenvalue weighted by atomic mass is 10.0. The summed E-state index contributed by atoms with van der Waals surface area (Å²) in [4.78, 5) is 12.5. The van der Waals surface area contributed by atoms with Crippen molar-refractivity contribution in [1.82, 2.24) is 15.0 Å². The lowest BCUT2D eigenvalue weighted by molar-refractivity contribution is 0.587. The fourth-order valence-corrected chi connectivity index (χ4v) is 2.82. The Morgan fingerprint density at radius 2 is 1.67 bits per heavy atom. The van der Waals surface area contributed by atoms with Gasteiger partial charge in [0.25, 0.3) is 0 Å². The average molecular weight is 349 g/mol. The van der Waals surface area contributed by atoms with Crippen LogP contribution >= 0.6 is 11.6 Å². The van der Waals surface area contributed by atoms with Crippen LogP contribution in [0.4, 0.5) is 14.5 Å². The summed E-state index contributed by atoms with van der Waals surface area (Å²) in [5.41, 5.74) is 1.53. The standard InChI is InChI=1S/C17H15ClF2N4/c1-8(2)23-14-13(12-10(19)6-9(3)7-11(12)20)16(18)24-17-15(14)21-4-5-22-17/h4-8H,1-3H3,(H,22,23,24). The molecule has 1 aromatic carbocycles. The third-order valence-corrected chi connectivity index (χ3v) is 3.72. The maximum absolute atomic E-state index is 14.5. The zero-order valence-corrected chi connectivity index (χ0v) is 14.1. The van der Waals surface area contributed by atoms with E-state index in [-0.39, 0.29) is 22.3 Å². The molecular weight excluding hydrogens is 334 g/mol. The van der Waals surface area contributed by atoms with E-state index < -0.39 is 11.6 Å². The molecule has 7 heteroatoms. The van der Waals surface area contributed by atoms with Crippen LogP contribution in [0, 0.1) is 18.6 Å². The van der Waals surface area contributed by atoms with Gasteiger partial charge in [-0.25, -0.2) is 23.7 Å². The summed E-state index contributed by atoms with van der Waals surface area (Å²) in [5, 5.41) is 3.13. The molecule has 0 saturated heterocycles. The molecule has 2 aromatic heterocycles. The molecule has 24 heavy (non-hydrogen) atoms. The SMILES string of the molecule is Cc1cc(F)c(-c2c(Cl)nc3nccnc3c2NC(C)C)c(F)c1. The number of aryl methyl sites for hydroxylation is 1. The van der Waals surface area contributed by atoms with Crippen molar-refractivity contribution in [3.05, 3.63) is 46.9 Å². The van der Waals surface area contributed by atoms with Crippen LogP contribution in [0.2, 0.25) is 5.15 Å². The van der Waals surface area contributed by atoms with Crippen molar-refractivity contribution >= 4 is 28.5 Å². The predicted octanol–water partition coefficient (Wildman–Crippen LogP) is 4.75. The van der Waals surface area contributed by atoms with Gasteiger partial charge in [-0.15, -0.1) is 0 Å². The van der Waals surface area contributed by atoms with Crippen molar-refractivity contribution in [2.24, 2.45) is 0 Å². The molecule has 0 saturated carbocycles. The van der Waals surface area contributed by atoms with Gasteiger partial charge in [0, 0.05) is 18.4 Å². The van der Waals surface area contributed by atoms with Gasteiger partial charge in [0.2, 0.25) is 0 Å². The summed E-state index contributed by atoms with van der Waals surface area (Å²) in [6.45, 7) is 5.43. The Kier molecular flexibility index (Phi) is 4.32. The van der Waals surface area contributed by atoms with Crippen LogP contribution in [-0.4, -0.2) is 21.0 Å². The van der Waals surface area contributed by atoms with E-state index in [2.05, 4.69) is 20.3 Å². The molecule has 0 atom stereocenters. The zero-order chi connectivity index (χ0) is 17.4. The minimum absolute atomic E-state index is 0.0102. The van der Waals surface area contributed by atoms with E-state index in [1.807, 2.05) is 13.8 Å². The van der Waals surface area contributed by atoms with Gasteiger partial charge in [-0.1, -0.05) is 11.6 Å². The molecule has 0 spiro atoms. The molecule has 1 N–H and O–H groups in total. The Hall–Kier alpha value is -2.34. The number of hydrogen-bond acceptors (Lipinski definition) is 4. The van der Waals surface area contributed by atoms with E-state index in [1.165, 1.54) is 24.5 Å². The maximum Gasteiger partial charge on any atom is 0.181 e. The number of anilines is 1. The van der Waals surface area contributed by atoms with Crippen molar-refractivity contribution in [3.63, 3.8) is 0 Å². The predicted molar refractivity (Wildman–Crippen MR) is 91.2 cm³/mol. The van der Waals surface area contributed by atoms with Crippen molar-refractivity contribution < 1.29 is 8.78 Å². The lowest BCUT2D eigenvalue weighted by Gasteiger charge is -2.18. The molecule has 0 fully saturated rings. The smallest absolute Gasteiger partial charge is 0.181 e. The Labute approximate surface area is 142 Å². The van der Waals surface area contributed by atoms with Crippen LogP contribution in [0.3, 0.4) is 0 Å². The first-order valence-electron chi connectivity index (χ1n) is 7.41. The van der Waals surface area contributed by atoms with E-state index in [4.69, 9.17) is 11.6 Å². The quantitative estimate of drug-likeness (QED) is 0.694. The lowest BCUT2D eigenvalue weighted by Crippen LogP contribution is -2.13. The van der Waals surface area contributed by atoms with Crippen LogP contribution in [0.5, 0.6) is 0 Å². The Balaban J connectivity index is 2.41. The second-order valence-corrected chi connectivity index (χ2v) is 6.14. The number of benzene rings is 1. The van der Waals surface area contributed by atoms with Crippen molar-refractivity contribution in [2.45, 2.75) is 26.8 Å². The molecule has 0 aliphatic carbocycles.